The van der Waals surface area contributed by atoms with Crippen LogP contribution in [0.1, 0.15) is 0 Å². The number of hydrogen-bond donors (Lipinski definition) is 1. The number of carboxylic acid groups (broad SMARTS) is 2. The summed E-state index contributed by atoms with van der Waals surface area (Å²) in [7, 11) is 0. The van der Waals surface area contributed by atoms with Crippen molar-refractivity contribution in [3.63, 3.8) is 0 Å². The first-order valence-corrected chi connectivity index (χ1v) is 2.80. The second-order valence-electron chi connectivity index (χ2n) is 1.65. The van der Waals surface area contributed by atoms with E-state index in [-0.39, 0.29) is 29.6 Å². The molecule has 1 N–H and O–H groups in total. The van der Waals surface area contributed by atoms with Crippen LogP contribution in [-0.2, 0) is 19.1 Å². The number of hydrogen-bond acceptors (Lipinski definition) is 5. The van der Waals surface area contributed by atoms with Gasteiger partial charge in [0.1, 0.15) is 0 Å². The molecule has 7 heteroatoms. The van der Waals surface area contributed by atoms with Crippen molar-refractivity contribution in [2.75, 3.05) is 6.61 Å². The van der Waals surface area contributed by atoms with E-state index >= 15 is 0 Å². The molecule has 6 nitrogen and oxygen atoms in total. The van der Waals surface area contributed by atoms with Gasteiger partial charge in [-0.25, -0.2) is 9.59 Å². The third kappa shape index (κ3) is 11.1. The van der Waals surface area contributed by atoms with Crippen LogP contribution in [0.2, 0.25) is 0 Å². The number of aliphatic carboxylic acids is 2. The van der Waals surface area contributed by atoms with E-state index in [1.165, 1.54) is 0 Å². The van der Waals surface area contributed by atoms with Gasteiger partial charge in [0.05, 0.1) is 5.97 Å². The van der Waals surface area contributed by atoms with Crippen LogP contribution in [0.25, 0.3) is 0 Å². The van der Waals surface area contributed by atoms with Gasteiger partial charge in [0.2, 0.25) is 0 Å². The molecule has 0 aromatic heterocycles. The fourth-order valence-electron chi connectivity index (χ4n) is 0.317. The van der Waals surface area contributed by atoms with E-state index in [0.29, 0.717) is 12.2 Å². The second kappa shape index (κ2) is 7.78. The number of esters is 1. The molecule has 0 fully saturated rings. The Hall–Kier alpha value is -0.850. The van der Waals surface area contributed by atoms with Crippen molar-refractivity contribution in [3.8, 4) is 0 Å². The summed E-state index contributed by atoms with van der Waals surface area (Å²) in [5.74, 6) is -3.91. The van der Waals surface area contributed by atoms with Gasteiger partial charge in [0, 0.05) is 6.08 Å². The molecule has 66 valence electrons. The summed E-state index contributed by atoms with van der Waals surface area (Å²) in [4.78, 5) is 29.9. The van der Waals surface area contributed by atoms with E-state index in [0.717, 1.165) is 0 Å². The standard InChI is InChI=1S/C6H6O6.Na/c7-4(8)1-2-6(11)12-3-5(9)10;/h1-2H,3H2,(H,7,8)(H,9,10);/q;+1/p-1. The summed E-state index contributed by atoms with van der Waals surface area (Å²) in [5, 5.41) is 17.7. The smallest absolute Gasteiger partial charge is 0.545 e. The molecule has 0 saturated heterocycles. The zero-order valence-corrected chi connectivity index (χ0v) is 8.85. The van der Waals surface area contributed by atoms with Gasteiger partial charge in [-0.1, -0.05) is 0 Å². The number of carbonyl (C=O) groups is 3. The molecule has 0 saturated carbocycles. The molecule has 0 unspecified atom stereocenters. The summed E-state index contributed by atoms with van der Waals surface area (Å²) in [6.07, 6.45) is 1.02. The molecule has 0 aliphatic heterocycles. The average Bonchev–Trinajstić information content (AvgIpc) is 1.96. The van der Waals surface area contributed by atoms with Crippen LogP contribution in [0.5, 0.6) is 0 Å². The van der Waals surface area contributed by atoms with Crippen LogP contribution >= 0.6 is 0 Å². The van der Waals surface area contributed by atoms with Gasteiger partial charge in [-0.05, 0) is 6.08 Å². The molecule has 0 aromatic carbocycles. The zero-order chi connectivity index (χ0) is 9.56. The van der Waals surface area contributed by atoms with Gasteiger partial charge < -0.3 is 19.7 Å². The van der Waals surface area contributed by atoms with Crippen LogP contribution in [0.4, 0.5) is 0 Å². The molecule has 0 aliphatic rings. The van der Waals surface area contributed by atoms with Crippen molar-refractivity contribution < 1.29 is 58.9 Å². The summed E-state index contributed by atoms with van der Waals surface area (Å²) >= 11 is 0. The Morgan fingerprint density at radius 1 is 1.31 bits per heavy atom. The molecular weight excluding hydrogens is 191 g/mol. The average molecular weight is 196 g/mol. The minimum absolute atomic E-state index is 0. The summed E-state index contributed by atoms with van der Waals surface area (Å²) in [5.41, 5.74) is 0. The molecular formula is C6H5NaO6. The summed E-state index contributed by atoms with van der Waals surface area (Å²) < 4.78 is 4.04. The summed E-state index contributed by atoms with van der Waals surface area (Å²) in [6, 6.07) is 0. The van der Waals surface area contributed by atoms with Gasteiger partial charge >= 0.3 is 41.5 Å². The van der Waals surface area contributed by atoms with Crippen molar-refractivity contribution >= 4 is 17.9 Å². The third-order valence-corrected chi connectivity index (χ3v) is 0.693. The van der Waals surface area contributed by atoms with Gasteiger partial charge in [0.15, 0.2) is 6.61 Å². The van der Waals surface area contributed by atoms with Gasteiger partial charge in [-0.2, -0.15) is 0 Å². The Morgan fingerprint density at radius 3 is 2.23 bits per heavy atom. The van der Waals surface area contributed by atoms with E-state index in [1.54, 1.807) is 0 Å². The molecule has 0 atom stereocenters. The first kappa shape index (κ1) is 14.7. The van der Waals surface area contributed by atoms with Crippen molar-refractivity contribution in [2.45, 2.75) is 0 Å². The number of carbonyl (C=O) groups excluding carboxylic acids is 2. The van der Waals surface area contributed by atoms with Gasteiger partial charge in [-0.15, -0.1) is 0 Å². The van der Waals surface area contributed by atoms with E-state index in [9.17, 15) is 19.5 Å². The number of ether oxygens (including phenoxy) is 1. The molecule has 0 aromatic rings. The normalized spacial score (nSPS) is 8.92. The molecule has 0 aliphatic carbocycles. The maximum atomic E-state index is 10.4. The van der Waals surface area contributed by atoms with Crippen LogP contribution in [0.15, 0.2) is 12.2 Å². The monoisotopic (exact) mass is 196 g/mol. The van der Waals surface area contributed by atoms with Crippen LogP contribution in [0, 0.1) is 0 Å². The van der Waals surface area contributed by atoms with E-state index in [1.807, 2.05) is 0 Å². The molecule has 0 heterocycles. The first-order chi connectivity index (χ1) is 5.52. The molecule has 0 radical (unpaired) electrons. The van der Waals surface area contributed by atoms with Gasteiger partial charge in [-0.3, -0.25) is 0 Å². The second-order valence-corrected chi connectivity index (χ2v) is 1.65. The fraction of sp³-hybridized carbons (Fsp3) is 0.167. The van der Waals surface area contributed by atoms with E-state index < -0.39 is 24.5 Å². The predicted molar refractivity (Wildman–Crippen MR) is 32.7 cm³/mol. The topological polar surface area (TPSA) is 104 Å². The van der Waals surface area contributed by atoms with Crippen molar-refractivity contribution in [1.29, 1.82) is 0 Å². The maximum Gasteiger partial charge on any atom is 1.00 e. The minimum Gasteiger partial charge on any atom is -0.545 e. The third-order valence-electron chi connectivity index (χ3n) is 0.693. The number of carboxylic acids is 2. The molecule has 0 spiro atoms. The van der Waals surface area contributed by atoms with Gasteiger partial charge in [0.25, 0.3) is 0 Å². The molecule has 13 heavy (non-hydrogen) atoms. The van der Waals surface area contributed by atoms with E-state index in [2.05, 4.69) is 4.74 Å². The molecule has 0 rings (SSSR count). The van der Waals surface area contributed by atoms with Crippen LogP contribution in [0.3, 0.4) is 0 Å². The quantitative estimate of drug-likeness (QED) is 0.274. The number of rotatable bonds is 4. The van der Waals surface area contributed by atoms with E-state index in [4.69, 9.17) is 5.11 Å². The predicted octanol–water partition coefficient (Wildman–Crippen LogP) is -5.08. The molecule has 0 bridgehead atoms. The maximum absolute atomic E-state index is 10.4. The zero-order valence-electron chi connectivity index (χ0n) is 6.85. The Kier molecular flexibility index (Phi) is 8.78. The summed E-state index contributed by atoms with van der Waals surface area (Å²) in [6.45, 7) is -0.795. The largest absolute Gasteiger partial charge is 1.00 e. The minimum atomic E-state index is -1.55. The van der Waals surface area contributed by atoms with Crippen molar-refractivity contribution in [3.05, 3.63) is 12.2 Å². The van der Waals surface area contributed by atoms with Crippen molar-refractivity contribution in [2.24, 2.45) is 0 Å². The Bertz CT molecular complexity index is 233. The Morgan fingerprint density at radius 2 is 1.85 bits per heavy atom. The van der Waals surface area contributed by atoms with Crippen LogP contribution < -0.4 is 34.7 Å². The fourth-order valence-corrected chi connectivity index (χ4v) is 0.317. The first-order valence-electron chi connectivity index (χ1n) is 2.80. The SMILES string of the molecule is O=C([O-])C=CC(=O)OCC(=O)O.[Na+]. The Labute approximate surface area is 95.5 Å². The van der Waals surface area contributed by atoms with Crippen LogP contribution in [-0.4, -0.2) is 29.6 Å². The van der Waals surface area contributed by atoms with Crippen molar-refractivity contribution in [1.82, 2.24) is 0 Å². The Balaban J connectivity index is 0. The molecule has 0 amide bonds.